The largest absolute Gasteiger partial charge is 0.459 e. The van der Waals surface area contributed by atoms with Gasteiger partial charge < -0.3 is 4.74 Å². The Bertz CT molecular complexity index is 336. The molecule has 88 valence electrons. The van der Waals surface area contributed by atoms with Gasteiger partial charge in [-0.05, 0) is 32.8 Å². The molecule has 0 N–H and O–H groups in total. The lowest BCUT2D eigenvalue weighted by molar-refractivity contribution is -0.156. The number of esters is 1. The van der Waals surface area contributed by atoms with E-state index in [2.05, 4.69) is 0 Å². The summed E-state index contributed by atoms with van der Waals surface area (Å²) in [5, 5.41) is 0. The van der Waals surface area contributed by atoms with Crippen LogP contribution in [0, 0.1) is 0 Å². The molecule has 1 aromatic rings. The number of hydrogen-bond donors (Lipinski definition) is 0. The number of ether oxygens (including phenoxy) is 1. The maximum atomic E-state index is 12.0. The maximum Gasteiger partial charge on any atom is 0.313 e. The van der Waals surface area contributed by atoms with Crippen LogP contribution in [0.4, 0.5) is 0 Å². The second kappa shape index (κ2) is 5.15. The van der Waals surface area contributed by atoms with Crippen molar-refractivity contribution in [1.29, 1.82) is 0 Å². The normalized spacial score (nSPS) is 13.2. The number of carbonyl (C=O) groups excluding carboxylic acids is 1. The molecule has 0 aliphatic carbocycles. The quantitative estimate of drug-likeness (QED) is 0.728. The van der Waals surface area contributed by atoms with Gasteiger partial charge in [0, 0.05) is 0 Å². The summed E-state index contributed by atoms with van der Waals surface area (Å²) in [6.07, 6.45) is 0.763. The zero-order valence-electron chi connectivity index (χ0n) is 10.5. The molecule has 0 spiro atoms. The molecule has 1 rings (SSSR count). The Balaban J connectivity index is 2.80. The molecule has 0 amide bonds. The van der Waals surface area contributed by atoms with Crippen LogP contribution >= 0.6 is 0 Å². The van der Waals surface area contributed by atoms with Crippen LogP contribution < -0.4 is 0 Å². The summed E-state index contributed by atoms with van der Waals surface area (Å²) in [6.45, 7) is 7.68. The summed E-state index contributed by atoms with van der Waals surface area (Å²) in [7, 11) is 0. The predicted molar refractivity (Wildman–Crippen MR) is 65.3 cm³/mol. The minimum absolute atomic E-state index is 0.138. The molecule has 0 bridgehead atoms. The second-order valence-electron chi connectivity index (χ2n) is 4.90. The lowest BCUT2D eigenvalue weighted by atomic mass is 9.96. The lowest BCUT2D eigenvalue weighted by Gasteiger charge is -2.23. The number of hydrogen-bond acceptors (Lipinski definition) is 2. The summed E-state index contributed by atoms with van der Waals surface area (Å²) in [4.78, 5) is 12.0. The second-order valence-corrected chi connectivity index (χ2v) is 4.90. The Morgan fingerprint density at radius 2 is 1.81 bits per heavy atom. The summed E-state index contributed by atoms with van der Waals surface area (Å²) in [6, 6.07) is 9.78. The van der Waals surface area contributed by atoms with Crippen LogP contribution in [0.15, 0.2) is 30.3 Å². The van der Waals surface area contributed by atoms with E-state index in [4.69, 9.17) is 4.74 Å². The van der Waals surface area contributed by atoms with Crippen LogP contribution in [0.3, 0.4) is 0 Å². The Kier molecular flexibility index (Phi) is 4.11. The van der Waals surface area contributed by atoms with Gasteiger partial charge in [0.2, 0.25) is 0 Å². The van der Waals surface area contributed by atoms with E-state index < -0.39 is 5.60 Å². The van der Waals surface area contributed by atoms with Crippen molar-refractivity contribution in [3.63, 3.8) is 0 Å². The molecule has 1 atom stereocenters. The predicted octanol–water partition coefficient (Wildman–Crippen LogP) is 3.52. The van der Waals surface area contributed by atoms with Crippen molar-refractivity contribution < 1.29 is 9.53 Å². The molecule has 0 aromatic heterocycles. The third kappa shape index (κ3) is 3.69. The zero-order valence-corrected chi connectivity index (χ0v) is 10.5. The van der Waals surface area contributed by atoms with Gasteiger partial charge >= 0.3 is 5.97 Å². The van der Waals surface area contributed by atoms with Crippen LogP contribution in [-0.4, -0.2) is 11.6 Å². The van der Waals surface area contributed by atoms with Crippen LogP contribution in [0.5, 0.6) is 0 Å². The molecule has 1 unspecified atom stereocenters. The third-order valence-corrected chi connectivity index (χ3v) is 2.30. The Morgan fingerprint density at radius 3 is 2.25 bits per heavy atom. The van der Waals surface area contributed by atoms with Crippen molar-refractivity contribution in [3.05, 3.63) is 35.9 Å². The number of rotatable bonds is 3. The van der Waals surface area contributed by atoms with Gasteiger partial charge in [-0.2, -0.15) is 0 Å². The molecule has 0 saturated heterocycles. The average Bonchev–Trinajstić information content (AvgIpc) is 2.17. The molecule has 0 saturated carbocycles. The minimum Gasteiger partial charge on any atom is -0.459 e. The van der Waals surface area contributed by atoms with Crippen molar-refractivity contribution >= 4 is 5.97 Å². The van der Waals surface area contributed by atoms with E-state index in [1.165, 1.54) is 0 Å². The van der Waals surface area contributed by atoms with E-state index in [0.29, 0.717) is 0 Å². The molecule has 1 aromatic carbocycles. The van der Waals surface area contributed by atoms with Crippen LogP contribution in [-0.2, 0) is 9.53 Å². The molecule has 0 fully saturated rings. The molecular formula is C14H20O2. The molecule has 0 aliphatic rings. The molecule has 2 heteroatoms. The van der Waals surface area contributed by atoms with E-state index in [-0.39, 0.29) is 11.9 Å². The summed E-state index contributed by atoms with van der Waals surface area (Å²) in [5.41, 5.74) is 0.610. The highest BCUT2D eigenvalue weighted by Gasteiger charge is 2.24. The fourth-order valence-electron chi connectivity index (χ4n) is 1.60. The van der Waals surface area contributed by atoms with Gasteiger partial charge in [0.1, 0.15) is 5.60 Å². The van der Waals surface area contributed by atoms with Gasteiger partial charge in [0.25, 0.3) is 0 Å². The van der Waals surface area contributed by atoms with Crippen molar-refractivity contribution in [2.75, 3.05) is 0 Å². The lowest BCUT2D eigenvalue weighted by Crippen LogP contribution is -2.27. The van der Waals surface area contributed by atoms with Crippen molar-refractivity contribution in [3.8, 4) is 0 Å². The summed E-state index contributed by atoms with van der Waals surface area (Å²) >= 11 is 0. The molecule has 0 aliphatic heterocycles. The van der Waals surface area contributed by atoms with Crippen LogP contribution in [0.2, 0.25) is 0 Å². The SMILES string of the molecule is CCC(C(=O)OC(C)(C)C)c1ccccc1. The summed E-state index contributed by atoms with van der Waals surface area (Å²) in [5.74, 6) is -0.290. The highest BCUT2D eigenvalue weighted by molar-refractivity contribution is 5.78. The smallest absolute Gasteiger partial charge is 0.313 e. The average molecular weight is 220 g/mol. The van der Waals surface area contributed by atoms with E-state index in [9.17, 15) is 4.79 Å². The topological polar surface area (TPSA) is 26.3 Å². The van der Waals surface area contributed by atoms with Gasteiger partial charge in [0.15, 0.2) is 0 Å². The fraction of sp³-hybridized carbons (Fsp3) is 0.500. The zero-order chi connectivity index (χ0) is 12.2. The highest BCUT2D eigenvalue weighted by atomic mass is 16.6. The first-order chi connectivity index (χ1) is 7.44. The van der Waals surface area contributed by atoms with Gasteiger partial charge in [0.05, 0.1) is 5.92 Å². The van der Waals surface area contributed by atoms with Crippen molar-refractivity contribution in [1.82, 2.24) is 0 Å². The van der Waals surface area contributed by atoms with Crippen LogP contribution in [0.1, 0.15) is 45.6 Å². The first kappa shape index (κ1) is 12.8. The van der Waals surface area contributed by atoms with Crippen molar-refractivity contribution in [2.24, 2.45) is 0 Å². The van der Waals surface area contributed by atoms with Gasteiger partial charge in [-0.3, -0.25) is 4.79 Å². The molecule has 16 heavy (non-hydrogen) atoms. The highest BCUT2D eigenvalue weighted by Crippen LogP contribution is 2.23. The summed E-state index contributed by atoms with van der Waals surface area (Å²) < 4.78 is 5.41. The Hall–Kier alpha value is -1.31. The van der Waals surface area contributed by atoms with Crippen LogP contribution in [0.25, 0.3) is 0 Å². The monoisotopic (exact) mass is 220 g/mol. The molecule has 2 nitrogen and oxygen atoms in total. The fourth-order valence-corrected chi connectivity index (χ4v) is 1.60. The van der Waals surface area contributed by atoms with Gasteiger partial charge in [-0.25, -0.2) is 0 Å². The molecular weight excluding hydrogens is 200 g/mol. The first-order valence-electron chi connectivity index (χ1n) is 5.72. The Morgan fingerprint density at radius 1 is 1.25 bits per heavy atom. The molecule has 0 heterocycles. The van der Waals surface area contributed by atoms with Gasteiger partial charge in [-0.15, -0.1) is 0 Å². The maximum absolute atomic E-state index is 12.0. The minimum atomic E-state index is -0.417. The van der Waals surface area contributed by atoms with E-state index >= 15 is 0 Å². The first-order valence-corrected chi connectivity index (χ1v) is 5.72. The third-order valence-electron chi connectivity index (χ3n) is 2.30. The Labute approximate surface area is 97.6 Å². The van der Waals surface area contributed by atoms with E-state index in [1.807, 2.05) is 58.0 Å². The number of carbonyl (C=O) groups is 1. The van der Waals surface area contributed by atoms with E-state index in [1.54, 1.807) is 0 Å². The standard InChI is InChI=1S/C14H20O2/c1-5-12(11-9-7-6-8-10-11)13(15)16-14(2,3)4/h6-10,12H,5H2,1-4H3. The van der Waals surface area contributed by atoms with E-state index in [0.717, 1.165) is 12.0 Å². The number of benzene rings is 1. The molecule has 0 radical (unpaired) electrons. The van der Waals surface area contributed by atoms with Gasteiger partial charge in [-0.1, -0.05) is 37.3 Å². The van der Waals surface area contributed by atoms with Crippen molar-refractivity contribution in [2.45, 2.75) is 45.6 Å².